The van der Waals surface area contributed by atoms with Crippen molar-refractivity contribution in [1.82, 2.24) is 10.6 Å². The predicted octanol–water partition coefficient (Wildman–Crippen LogP) is 3.91. The number of hydrogen-bond acceptors (Lipinski definition) is 1. The van der Waals surface area contributed by atoms with E-state index in [1.165, 1.54) is 25.7 Å². The van der Waals surface area contributed by atoms with Crippen LogP contribution >= 0.6 is 11.6 Å². The zero-order valence-electron chi connectivity index (χ0n) is 11.6. The van der Waals surface area contributed by atoms with Crippen LogP contribution in [0.25, 0.3) is 0 Å². The van der Waals surface area contributed by atoms with E-state index in [-0.39, 0.29) is 5.91 Å². The molecule has 0 aromatic heterocycles. The molecule has 1 heterocycles. The Balaban J connectivity index is 1.74. The van der Waals surface area contributed by atoms with Crippen molar-refractivity contribution in [3.8, 4) is 0 Å². The highest BCUT2D eigenvalue weighted by Crippen LogP contribution is 2.36. The molecule has 3 rings (SSSR count). The van der Waals surface area contributed by atoms with E-state index in [4.69, 9.17) is 17.3 Å². The standard InChI is InChI=1S/C16H20ClN2O/c17-15-9-13(18)5-6-14(15)16(20)19-8-7-11-3-1-2-4-12(11)10-19/h5-6,9,11-12,18H,1-4,7-8,10H2. The van der Waals surface area contributed by atoms with Crippen molar-refractivity contribution in [2.24, 2.45) is 11.8 Å². The van der Waals surface area contributed by atoms with E-state index in [0.717, 1.165) is 25.4 Å². The Labute approximate surface area is 125 Å². The van der Waals surface area contributed by atoms with E-state index in [1.54, 1.807) is 18.2 Å². The highest BCUT2D eigenvalue weighted by atomic mass is 35.5. The lowest BCUT2D eigenvalue weighted by atomic mass is 9.75. The highest BCUT2D eigenvalue weighted by Gasteiger charge is 2.33. The molecule has 0 spiro atoms. The van der Waals surface area contributed by atoms with E-state index < -0.39 is 0 Å². The zero-order valence-corrected chi connectivity index (χ0v) is 12.3. The molecule has 3 nitrogen and oxygen atoms in total. The molecule has 20 heavy (non-hydrogen) atoms. The third-order valence-electron chi connectivity index (χ3n) is 4.78. The van der Waals surface area contributed by atoms with Crippen molar-refractivity contribution < 1.29 is 4.79 Å². The van der Waals surface area contributed by atoms with Crippen LogP contribution in [-0.4, -0.2) is 23.9 Å². The fraction of sp³-hybridized carbons (Fsp3) is 0.562. The number of carbonyl (C=O) groups excluding carboxylic acids is 1. The molecular weight excluding hydrogens is 272 g/mol. The van der Waals surface area contributed by atoms with E-state index in [1.807, 2.05) is 4.90 Å². The molecule has 1 aliphatic carbocycles. The van der Waals surface area contributed by atoms with E-state index in [9.17, 15) is 4.79 Å². The average molecular weight is 292 g/mol. The quantitative estimate of drug-likeness (QED) is 0.774. The Bertz CT molecular complexity index is 517. The summed E-state index contributed by atoms with van der Waals surface area (Å²) in [5, 5.41) is 0.397. The molecule has 1 saturated carbocycles. The first-order valence-electron chi connectivity index (χ1n) is 7.45. The molecule has 1 radical (unpaired) electrons. The van der Waals surface area contributed by atoms with Gasteiger partial charge in [-0.25, -0.2) is 0 Å². The van der Waals surface area contributed by atoms with Crippen LogP contribution in [0.5, 0.6) is 0 Å². The van der Waals surface area contributed by atoms with Crippen molar-refractivity contribution in [3.63, 3.8) is 0 Å². The Morgan fingerprint density at radius 1 is 1.20 bits per heavy atom. The number of fused-ring (bicyclic) bond motifs is 1. The molecule has 107 valence electrons. The lowest BCUT2D eigenvalue weighted by Gasteiger charge is -2.41. The van der Waals surface area contributed by atoms with E-state index in [2.05, 4.69) is 0 Å². The number of hydrogen-bond donors (Lipinski definition) is 0. The first-order valence-corrected chi connectivity index (χ1v) is 7.83. The monoisotopic (exact) mass is 291 g/mol. The molecule has 1 aromatic rings. The maximum atomic E-state index is 12.6. The average Bonchev–Trinajstić information content (AvgIpc) is 2.46. The number of nitrogens with zero attached hydrogens (tertiary/aromatic N) is 1. The van der Waals surface area contributed by atoms with Gasteiger partial charge < -0.3 is 10.6 Å². The van der Waals surface area contributed by atoms with E-state index >= 15 is 0 Å². The molecule has 2 fully saturated rings. The predicted molar refractivity (Wildman–Crippen MR) is 80.2 cm³/mol. The number of benzene rings is 1. The second-order valence-corrected chi connectivity index (χ2v) is 6.45. The molecule has 1 saturated heterocycles. The van der Waals surface area contributed by atoms with Gasteiger partial charge in [0.2, 0.25) is 0 Å². The van der Waals surface area contributed by atoms with Crippen molar-refractivity contribution in [1.29, 1.82) is 0 Å². The summed E-state index contributed by atoms with van der Waals surface area (Å²) in [6, 6.07) is 4.86. The van der Waals surface area contributed by atoms with Gasteiger partial charge in [-0.1, -0.05) is 30.9 Å². The number of rotatable bonds is 1. The second kappa shape index (κ2) is 5.65. The van der Waals surface area contributed by atoms with Crippen molar-refractivity contribution >= 4 is 23.2 Å². The number of nitrogens with one attached hydrogen (secondary N) is 1. The van der Waals surface area contributed by atoms with Gasteiger partial charge in [-0.15, -0.1) is 0 Å². The Hall–Kier alpha value is -1.22. The molecular formula is C16H20ClN2O. The lowest BCUT2D eigenvalue weighted by Crippen LogP contribution is -2.44. The largest absolute Gasteiger partial charge is 0.338 e. The summed E-state index contributed by atoms with van der Waals surface area (Å²) in [6.07, 6.45) is 6.38. The SMILES string of the molecule is [NH]c1ccc(C(=O)N2CCC3CCCCC3C2)c(Cl)c1. The van der Waals surface area contributed by atoms with Crippen LogP contribution in [0, 0.1) is 11.8 Å². The summed E-state index contributed by atoms with van der Waals surface area (Å²) in [4.78, 5) is 14.5. The smallest absolute Gasteiger partial charge is 0.255 e. The number of amides is 1. The number of piperidine rings is 1. The van der Waals surface area contributed by atoms with Gasteiger partial charge in [0, 0.05) is 13.1 Å². The van der Waals surface area contributed by atoms with Crippen molar-refractivity contribution in [2.75, 3.05) is 13.1 Å². The first-order chi connectivity index (χ1) is 9.65. The van der Waals surface area contributed by atoms with Gasteiger partial charge in [-0.3, -0.25) is 4.79 Å². The highest BCUT2D eigenvalue weighted by molar-refractivity contribution is 6.34. The zero-order chi connectivity index (χ0) is 14.1. The summed E-state index contributed by atoms with van der Waals surface area (Å²) in [6.45, 7) is 1.72. The van der Waals surface area contributed by atoms with Gasteiger partial charge >= 0.3 is 0 Å². The van der Waals surface area contributed by atoms with Crippen LogP contribution in [0.15, 0.2) is 18.2 Å². The summed E-state index contributed by atoms with van der Waals surface area (Å²) in [5.74, 6) is 1.52. The minimum absolute atomic E-state index is 0.0269. The molecule has 2 atom stereocenters. The van der Waals surface area contributed by atoms with Gasteiger partial charge in [0.25, 0.3) is 5.91 Å². The summed E-state index contributed by atoms with van der Waals surface area (Å²) < 4.78 is 0. The Morgan fingerprint density at radius 3 is 2.70 bits per heavy atom. The molecule has 1 N–H and O–H groups in total. The molecule has 0 bridgehead atoms. The molecule has 2 unspecified atom stereocenters. The van der Waals surface area contributed by atoms with Gasteiger partial charge in [0.1, 0.15) is 0 Å². The van der Waals surface area contributed by atoms with E-state index in [0.29, 0.717) is 22.2 Å². The van der Waals surface area contributed by atoms with Gasteiger partial charge in [-0.05, 0) is 42.9 Å². The lowest BCUT2D eigenvalue weighted by molar-refractivity contribution is 0.0521. The fourth-order valence-electron chi connectivity index (χ4n) is 3.64. The Morgan fingerprint density at radius 2 is 1.95 bits per heavy atom. The van der Waals surface area contributed by atoms with Gasteiger partial charge in [-0.2, -0.15) is 0 Å². The third kappa shape index (κ3) is 2.64. The number of halogens is 1. The molecule has 1 aromatic carbocycles. The first kappa shape index (κ1) is 13.7. The normalized spacial score (nSPS) is 26.1. The third-order valence-corrected chi connectivity index (χ3v) is 5.09. The van der Waals surface area contributed by atoms with Crippen LogP contribution in [0.3, 0.4) is 0 Å². The van der Waals surface area contributed by atoms with Crippen LogP contribution in [0.1, 0.15) is 42.5 Å². The number of likely N-dealkylation sites (tertiary alicyclic amines) is 1. The fourth-order valence-corrected chi connectivity index (χ4v) is 3.91. The summed E-state index contributed by atoms with van der Waals surface area (Å²) in [7, 11) is 0. The van der Waals surface area contributed by atoms with Crippen LogP contribution < -0.4 is 5.73 Å². The maximum absolute atomic E-state index is 12.6. The van der Waals surface area contributed by atoms with Crippen molar-refractivity contribution in [3.05, 3.63) is 28.8 Å². The molecule has 2 aliphatic rings. The minimum Gasteiger partial charge on any atom is -0.338 e. The van der Waals surface area contributed by atoms with Gasteiger partial charge in [0.05, 0.1) is 16.3 Å². The van der Waals surface area contributed by atoms with Crippen LogP contribution in [-0.2, 0) is 0 Å². The molecule has 1 aliphatic heterocycles. The second-order valence-electron chi connectivity index (χ2n) is 6.04. The topological polar surface area (TPSA) is 44.1 Å². The molecule has 4 heteroatoms. The van der Waals surface area contributed by atoms with Crippen LogP contribution in [0.2, 0.25) is 5.02 Å². The molecule has 1 amide bonds. The number of carbonyl (C=O) groups is 1. The van der Waals surface area contributed by atoms with Gasteiger partial charge in [0.15, 0.2) is 0 Å². The minimum atomic E-state index is 0.0269. The Kier molecular flexibility index (Phi) is 3.88. The summed E-state index contributed by atoms with van der Waals surface area (Å²) in [5.41, 5.74) is 8.41. The summed E-state index contributed by atoms with van der Waals surface area (Å²) >= 11 is 6.11. The van der Waals surface area contributed by atoms with Crippen molar-refractivity contribution in [2.45, 2.75) is 32.1 Å². The maximum Gasteiger partial charge on any atom is 0.255 e. The van der Waals surface area contributed by atoms with Crippen LogP contribution in [0.4, 0.5) is 5.69 Å².